The average molecular weight is 364 g/mol. The first-order valence-electron chi connectivity index (χ1n) is 8.93. The van der Waals surface area contributed by atoms with Gasteiger partial charge < -0.3 is 14.6 Å². The Bertz CT molecular complexity index is 1030. The number of likely N-dealkylation sites (N-methyl/N-ethyl adjacent to an activating group) is 1. The average Bonchev–Trinajstić information content (AvgIpc) is 2.62. The molecule has 0 saturated heterocycles. The van der Waals surface area contributed by atoms with E-state index >= 15 is 0 Å². The minimum Gasteiger partial charge on any atom is -0.456 e. The molecule has 0 unspecified atom stereocenters. The predicted octanol–water partition coefficient (Wildman–Crippen LogP) is 3.37. The number of hydrogen-bond donors (Lipinski definition) is 1. The summed E-state index contributed by atoms with van der Waals surface area (Å²) in [6, 6.07) is 12.4. The first-order valence-corrected chi connectivity index (χ1v) is 8.93. The third-order valence-corrected chi connectivity index (χ3v) is 4.43. The van der Waals surface area contributed by atoms with Crippen molar-refractivity contribution in [1.82, 2.24) is 10.2 Å². The van der Waals surface area contributed by atoms with Crippen molar-refractivity contribution in [2.24, 2.45) is 0 Å². The maximum absolute atomic E-state index is 12.5. The Morgan fingerprint density at radius 1 is 1.07 bits per heavy atom. The molecule has 0 bridgehead atoms. The molecule has 5 nitrogen and oxygen atoms in total. The smallest absolute Gasteiger partial charge is 0.251 e. The van der Waals surface area contributed by atoms with Crippen molar-refractivity contribution in [2.45, 2.75) is 13.8 Å². The van der Waals surface area contributed by atoms with Gasteiger partial charge in [-0.1, -0.05) is 18.2 Å². The molecule has 27 heavy (non-hydrogen) atoms. The van der Waals surface area contributed by atoms with E-state index in [4.69, 9.17) is 4.42 Å². The van der Waals surface area contributed by atoms with Crippen LogP contribution in [0.25, 0.3) is 22.3 Å². The number of carbonyl (C=O) groups excluding carboxylic acids is 1. The van der Waals surface area contributed by atoms with Crippen molar-refractivity contribution < 1.29 is 9.21 Å². The van der Waals surface area contributed by atoms with Crippen molar-refractivity contribution in [1.29, 1.82) is 0 Å². The van der Waals surface area contributed by atoms with Crippen molar-refractivity contribution in [3.63, 3.8) is 0 Å². The lowest BCUT2D eigenvalue weighted by molar-refractivity contribution is 0.0951. The summed E-state index contributed by atoms with van der Waals surface area (Å²) in [5.41, 5.74) is 3.84. The van der Waals surface area contributed by atoms with Crippen molar-refractivity contribution in [3.8, 4) is 11.3 Å². The van der Waals surface area contributed by atoms with E-state index in [0.717, 1.165) is 23.2 Å². The summed E-state index contributed by atoms with van der Waals surface area (Å²) in [6.45, 7) is 5.27. The van der Waals surface area contributed by atoms with Crippen LogP contribution in [0.2, 0.25) is 0 Å². The van der Waals surface area contributed by atoms with Gasteiger partial charge in [-0.15, -0.1) is 0 Å². The molecule has 1 heterocycles. The highest BCUT2D eigenvalue weighted by Crippen LogP contribution is 2.25. The minimum atomic E-state index is -0.116. The maximum atomic E-state index is 12.5. The molecule has 0 fully saturated rings. The summed E-state index contributed by atoms with van der Waals surface area (Å²) in [5.74, 6) is 0.383. The van der Waals surface area contributed by atoms with Gasteiger partial charge in [0.1, 0.15) is 11.3 Å². The van der Waals surface area contributed by atoms with Crippen LogP contribution in [0.15, 0.2) is 51.7 Å². The molecule has 3 aromatic rings. The first kappa shape index (κ1) is 18.9. The summed E-state index contributed by atoms with van der Waals surface area (Å²) in [6.07, 6.45) is 0. The highest BCUT2D eigenvalue weighted by Gasteiger charge is 2.11. The third kappa shape index (κ3) is 4.26. The van der Waals surface area contributed by atoms with Gasteiger partial charge in [0.15, 0.2) is 5.43 Å². The Labute approximate surface area is 158 Å². The van der Waals surface area contributed by atoms with Crippen LogP contribution < -0.4 is 10.7 Å². The largest absolute Gasteiger partial charge is 0.456 e. The van der Waals surface area contributed by atoms with Crippen LogP contribution in [-0.2, 0) is 0 Å². The Balaban J connectivity index is 1.87. The van der Waals surface area contributed by atoms with Crippen LogP contribution in [0.5, 0.6) is 0 Å². The van der Waals surface area contributed by atoms with Gasteiger partial charge in [0.2, 0.25) is 0 Å². The molecule has 5 heteroatoms. The zero-order chi connectivity index (χ0) is 19.6. The lowest BCUT2D eigenvalue weighted by Crippen LogP contribution is -2.31. The van der Waals surface area contributed by atoms with E-state index < -0.39 is 0 Å². The number of benzene rings is 2. The second-order valence-corrected chi connectivity index (χ2v) is 7.07. The van der Waals surface area contributed by atoms with E-state index in [2.05, 4.69) is 5.32 Å². The summed E-state index contributed by atoms with van der Waals surface area (Å²) in [7, 11) is 3.92. The fourth-order valence-corrected chi connectivity index (χ4v) is 3.03. The van der Waals surface area contributed by atoms with E-state index in [1.54, 1.807) is 24.3 Å². The molecule has 2 aromatic carbocycles. The topological polar surface area (TPSA) is 62.6 Å². The summed E-state index contributed by atoms with van der Waals surface area (Å²) < 4.78 is 6.00. The standard InChI is InChI=1S/C22H24N2O3/c1-14-11-15(2)21-18(12-14)19(25)13-20(27-21)16-5-7-17(8-6-16)22(26)23-9-10-24(3)4/h5-8,11-13H,9-10H2,1-4H3,(H,23,26). The van der Waals surface area contributed by atoms with E-state index in [0.29, 0.717) is 28.8 Å². The number of fused-ring (bicyclic) bond motifs is 1. The Morgan fingerprint density at radius 3 is 2.44 bits per heavy atom. The monoisotopic (exact) mass is 364 g/mol. The fourth-order valence-electron chi connectivity index (χ4n) is 3.03. The molecule has 0 saturated carbocycles. The summed E-state index contributed by atoms with van der Waals surface area (Å²) in [4.78, 5) is 26.7. The second-order valence-electron chi connectivity index (χ2n) is 7.07. The van der Waals surface area contributed by atoms with Crippen molar-refractivity contribution in [3.05, 3.63) is 69.4 Å². The summed E-state index contributed by atoms with van der Waals surface area (Å²) in [5, 5.41) is 3.47. The number of hydrogen-bond acceptors (Lipinski definition) is 4. The minimum absolute atomic E-state index is 0.0662. The lowest BCUT2D eigenvalue weighted by atomic mass is 10.1. The molecule has 1 aromatic heterocycles. The number of carbonyl (C=O) groups is 1. The molecule has 0 spiro atoms. The molecule has 1 amide bonds. The molecule has 0 atom stereocenters. The highest BCUT2D eigenvalue weighted by molar-refractivity contribution is 5.94. The lowest BCUT2D eigenvalue weighted by Gasteiger charge is -2.11. The number of nitrogens with zero attached hydrogens (tertiary/aromatic N) is 1. The van der Waals surface area contributed by atoms with Crippen molar-refractivity contribution >= 4 is 16.9 Å². The second kappa shape index (κ2) is 7.76. The number of aryl methyl sites for hydroxylation is 2. The zero-order valence-electron chi connectivity index (χ0n) is 16.1. The number of amides is 1. The molecule has 1 N–H and O–H groups in total. The van der Waals surface area contributed by atoms with Crippen LogP contribution in [0.1, 0.15) is 21.5 Å². The van der Waals surface area contributed by atoms with E-state index in [9.17, 15) is 9.59 Å². The van der Waals surface area contributed by atoms with Crippen LogP contribution in [0.4, 0.5) is 0 Å². The van der Waals surface area contributed by atoms with E-state index in [1.165, 1.54) is 6.07 Å². The van der Waals surface area contributed by atoms with Gasteiger partial charge in [0, 0.05) is 30.3 Å². The van der Waals surface area contributed by atoms with Gasteiger partial charge in [-0.3, -0.25) is 9.59 Å². The fraction of sp³-hybridized carbons (Fsp3) is 0.273. The molecule has 0 aliphatic rings. The van der Waals surface area contributed by atoms with E-state index in [-0.39, 0.29) is 11.3 Å². The summed E-state index contributed by atoms with van der Waals surface area (Å²) >= 11 is 0. The molecular weight excluding hydrogens is 340 g/mol. The first-order chi connectivity index (χ1) is 12.8. The van der Waals surface area contributed by atoms with Crippen LogP contribution >= 0.6 is 0 Å². The van der Waals surface area contributed by atoms with Gasteiger partial charge in [0.05, 0.1) is 5.39 Å². The van der Waals surface area contributed by atoms with Crippen molar-refractivity contribution in [2.75, 3.05) is 27.2 Å². The molecular formula is C22H24N2O3. The molecule has 140 valence electrons. The SMILES string of the molecule is Cc1cc(C)c2oc(-c3ccc(C(=O)NCCN(C)C)cc3)cc(=O)c2c1. The molecule has 0 aliphatic carbocycles. The van der Waals surface area contributed by atoms with Gasteiger partial charge in [0.25, 0.3) is 5.91 Å². The number of nitrogens with one attached hydrogen (secondary N) is 1. The maximum Gasteiger partial charge on any atom is 0.251 e. The Hall–Kier alpha value is -2.92. The zero-order valence-corrected chi connectivity index (χ0v) is 16.1. The van der Waals surface area contributed by atoms with Crippen LogP contribution in [0.3, 0.4) is 0 Å². The van der Waals surface area contributed by atoms with E-state index in [1.807, 2.05) is 45.0 Å². The Morgan fingerprint density at radius 2 is 1.78 bits per heavy atom. The van der Waals surface area contributed by atoms with Gasteiger partial charge in [-0.25, -0.2) is 0 Å². The molecule has 0 radical (unpaired) electrons. The van der Waals surface area contributed by atoms with Crippen LogP contribution in [0, 0.1) is 13.8 Å². The third-order valence-electron chi connectivity index (χ3n) is 4.43. The highest BCUT2D eigenvalue weighted by atomic mass is 16.3. The Kier molecular flexibility index (Phi) is 5.42. The van der Waals surface area contributed by atoms with Gasteiger partial charge in [-0.2, -0.15) is 0 Å². The molecule has 0 aliphatic heterocycles. The van der Waals surface area contributed by atoms with Gasteiger partial charge in [-0.05, 0) is 57.3 Å². The number of rotatable bonds is 5. The quantitative estimate of drug-likeness (QED) is 0.754. The predicted molar refractivity (Wildman–Crippen MR) is 108 cm³/mol. The normalized spacial score (nSPS) is 11.1. The molecule has 3 rings (SSSR count). The van der Waals surface area contributed by atoms with Crippen LogP contribution in [-0.4, -0.2) is 38.0 Å². The van der Waals surface area contributed by atoms with Gasteiger partial charge >= 0.3 is 0 Å².